The summed E-state index contributed by atoms with van der Waals surface area (Å²) in [5.41, 5.74) is 3.15. The molecule has 0 aliphatic carbocycles. The smallest absolute Gasteiger partial charge is 0.337 e. The minimum absolute atomic E-state index is 0.245. The van der Waals surface area contributed by atoms with E-state index in [1.807, 2.05) is 30.3 Å². The first-order valence-corrected chi connectivity index (χ1v) is 13.9. The van der Waals surface area contributed by atoms with Gasteiger partial charge in [0.05, 0.1) is 28.3 Å². The topological polar surface area (TPSA) is 74.8 Å². The number of nitrogens with one attached hydrogen (secondary N) is 1. The van der Waals surface area contributed by atoms with Crippen molar-refractivity contribution < 1.29 is 14.3 Å². The molecule has 2 aromatic carbocycles. The molecule has 1 aliphatic rings. The number of benzene rings is 2. The van der Waals surface area contributed by atoms with Gasteiger partial charge in [0.25, 0.3) is 5.91 Å². The first-order chi connectivity index (χ1) is 18.9. The standard InChI is InChI=1S/C30H34Cl2N4O3/c1-21(12-15-34-29(37)28-26(31)18-33-19-27(28)32)35-16-13-25(14-17-35)36(20-22-6-4-3-5-7-22)24-10-8-23(9-11-24)30(38)39-2/h3-11,18-19,21,25H,12-17,20H2,1-2H3,(H,34,37). The molecule has 0 saturated carbocycles. The number of methoxy groups -OCH3 is 1. The molecule has 2 heterocycles. The first-order valence-electron chi connectivity index (χ1n) is 13.2. The molecule has 1 N–H and O–H groups in total. The molecule has 1 fully saturated rings. The Bertz CT molecular complexity index is 1230. The lowest BCUT2D eigenvalue weighted by Crippen LogP contribution is -2.48. The molecule has 9 heteroatoms. The first kappa shape index (κ1) is 28.9. The average molecular weight is 570 g/mol. The van der Waals surface area contributed by atoms with E-state index in [0.717, 1.165) is 44.6 Å². The molecule has 4 rings (SSSR count). The summed E-state index contributed by atoms with van der Waals surface area (Å²) in [6, 6.07) is 18.8. The zero-order valence-corrected chi connectivity index (χ0v) is 23.8. The molecule has 0 spiro atoms. The van der Waals surface area contributed by atoms with Gasteiger partial charge in [-0.15, -0.1) is 0 Å². The van der Waals surface area contributed by atoms with Crippen LogP contribution in [0.25, 0.3) is 0 Å². The van der Waals surface area contributed by atoms with Crippen molar-refractivity contribution in [2.45, 2.75) is 44.8 Å². The highest BCUT2D eigenvalue weighted by atomic mass is 35.5. The second kappa shape index (κ2) is 13.8. The molecule has 7 nitrogen and oxygen atoms in total. The third-order valence-corrected chi connectivity index (χ3v) is 7.88. The number of anilines is 1. The predicted molar refractivity (Wildman–Crippen MR) is 156 cm³/mol. The number of hydrogen-bond donors (Lipinski definition) is 1. The zero-order chi connectivity index (χ0) is 27.8. The van der Waals surface area contributed by atoms with Crippen LogP contribution in [-0.2, 0) is 11.3 Å². The highest BCUT2D eigenvalue weighted by molar-refractivity contribution is 6.39. The van der Waals surface area contributed by atoms with E-state index in [9.17, 15) is 9.59 Å². The number of nitrogens with zero attached hydrogens (tertiary/aromatic N) is 3. The van der Waals surface area contributed by atoms with Gasteiger partial charge in [-0.1, -0.05) is 53.5 Å². The van der Waals surface area contributed by atoms with E-state index in [0.29, 0.717) is 24.2 Å². The summed E-state index contributed by atoms with van der Waals surface area (Å²) in [4.78, 5) is 33.3. The second-order valence-corrected chi connectivity index (χ2v) is 10.6. The average Bonchev–Trinajstić information content (AvgIpc) is 2.96. The Hall–Kier alpha value is -3.13. The number of ether oxygens (including phenoxy) is 1. The van der Waals surface area contributed by atoms with Gasteiger partial charge in [-0.05, 0) is 56.0 Å². The maximum Gasteiger partial charge on any atom is 0.337 e. The maximum absolute atomic E-state index is 12.6. The Morgan fingerprint density at radius 3 is 2.31 bits per heavy atom. The van der Waals surface area contributed by atoms with Gasteiger partial charge in [-0.25, -0.2) is 4.79 Å². The number of likely N-dealkylation sites (tertiary alicyclic amines) is 1. The van der Waals surface area contributed by atoms with E-state index in [2.05, 4.69) is 51.3 Å². The molecule has 0 radical (unpaired) electrons. The van der Waals surface area contributed by atoms with Crippen LogP contribution in [0, 0.1) is 0 Å². The predicted octanol–water partition coefficient (Wildman–Crippen LogP) is 5.85. The van der Waals surface area contributed by atoms with Gasteiger partial charge in [0.15, 0.2) is 0 Å². The third-order valence-electron chi connectivity index (χ3n) is 7.31. The Morgan fingerprint density at radius 1 is 1.05 bits per heavy atom. The SMILES string of the molecule is COC(=O)c1ccc(N(Cc2ccccc2)C2CCN(C(C)CCNC(=O)c3c(Cl)cncc3Cl)CC2)cc1. The zero-order valence-electron chi connectivity index (χ0n) is 22.3. The molecule has 206 valence electrons. The van der Waals surface area contributed by atoms with E-state index in [1.54, 1.807) is 0 Å². The molecule has 1 atom stereocenters. The lowest BCUT2D eigenvalue weighted by molar-refractivity contribution is 0.0600. The van der Waals surface area contributed by atoms with Crippen LogP contribution in [0.15, 0.2) is 67.0 Å². The molecule has 1 saturated heterocycles. The molecule has 0 bridgehead atoms. The van der Waals surface area contributed by atoms with Crippen molar-refractivity contribution in [3.63, 3.8) is 0 Å². The van der Waals surface area contributed by atoms with Crippen LogP contribution in [0.3, 0.4) is 0 Å². The highest BCUT2D eigenvalue weighted by Crippen LogP contribution is 2.28. The van der Waals surface area contributed by atoms with Gasteiger partial charge in [0.2, 0.25) is 0 Å². The van der Waals surface area contributed by atoms with Crippen LogP contribution in [0.1, 0.15) is 52.5 Å². The van der Waals surface area contributed by atoms with Crippen molar-refractivity contribution in [1.82, 2.24) is 15.2 Å². The fourth-order valence-electron chi connectivity index (χ4n) is 5.05. The number of rotatable bonds is 10. The van der Waals surface area contributed by atoms with Crippen LogP contribution in [0.2, 0.25) is 10.0 Å². The summed E-state index contributed by atoms with van der Waals surface area (Å²) in [6.45, 7) is 5.46. The summed E-state index contributed by atoms with van der Waals surface area (Å²) < 4.78 is 4.86. The van der Waals surface area contributed by atoms with Crippen LogP contribution >= 0.6 is 23.2 Å². The van der Waals surface area contributed by atoms with Gasteiger partial charge in [0.1, 0.15) is 0 Å². The number of piperidine rings is 1. The summed E-state index contributed by atoms with van der Waals surface area (Å²) in [6.07, 6.45) is 5.70. The summed E-state index contributed by atoms with van der Waals surface area (Å²) in [5.74, 6) is -0.616. The molecule has 1 amide bonds. The van der Waals surface area contributed by atoms with E-state index < -0.39 is 0 Å². The fourth-order valence-corrected chi connectivity index (χ4v) is 5.59. The monoisotopic (exact) mass is 568 g/mol. The lowest BCUT2D eigenvalue weighted by Gasteiger charge is -2.42. The molecule has 1 aliphatic heterocycles. The number of aromatic nitrogens is 1. The van der Waals surface area contributed by atoms with Gasteiger partial charge in [0, 0.05) is 56.3 Å². The van der Waals surface area contributed by atoms with Crippen molar-refractivity contribution in [3.05, 3.63) is 93.7 Å². The van der Waals surface area contributed by atoms with Crippen molar-refractivity contribution in [2.24, 2.45) is 0 Å². The maximum atomic E-state index is 12.6. The lowest BCUT2D eigenvalue weighted by atomic mass is 9.99. The fraction of sp³-hybridized carbons (Fsp3) is 0.367. The minimum Gasteiger partial charge on any atom is -0.465 e. The van der Waals surface area contributed by atoms with Crippen molar-refractivity contribution in [1.29, 1.82) is 0 Å². The normalized spacial score (nSPS) is 15.0. The summed E-state index contributed by atoms with van der Waals surface area (Å²) in [5, 5.41) is 3.43. The molecule has 39 heavy (non-hydrogen) atoms. The third kappa shape index (κ3) is 7.50. The van der Waals surface area contributed by atoms with Crippen LogP contribution in [-0.4, -0.2) is 60.6 Å². The van der Waals surface area contributed by atoms with Crippen LogP contribution in [0.5, 0.6) is 0 Å². The number of pyridine rings is 1. The molecular weight excluding hydrogens is 535 g/mol. The number of hydrogen-bond acceptors (Lipinski definition) is 6. The van der Waals surface area contributed by atoms with E-state index >= 15 is 0 Å². The van der Waals surface area contributed by atoms with Crippen molar-refractivity contribution in [2.75, 3.05) is 31.6 Å². The number of halogens is 2. The quantitative estimate of drug-likeness (QED) is 0.309. The Balaban J connectivity index is 1.34. The second-order valence-electron chi connectivity index (χ2n) is 9.79. The largest absolute Gasteiger partial charge is 0.465 e. The Kier molecular flexibility index (Phi) is 10.2. The van der Waals surface area contributed by atoms with Crippen LogP contribution in [0.4, 0.5) is 5.69 Å². The molecule has 1 unspecified atom stereocenters. The number of carbonyl (C=O) groups is 2. The van der Waals surface area contributed by atoms with E-state index in [4.69, 9.17) is 27.9 Å². The molecule has 3 aromatic rings. The number of amides is 1. The van der Waals surface area contributed by atoms with E-state index in [-0.39, 0.29) is 27.5 Å². The number of carbonyl (C=O) groups excluding carboxylic acids is 2. The van der Waals surface area contributed by atoms with Crippen molar-refractivity contribution >= 4 is 40.8 Å². The minimum atomic E-state index is -0.332. The highest BCUT2D eigenvalue weighted by Gasteiger charge is 2.27. The van der Waals surface area contributed by atoms with Gasteiger partial charge in [-0.2, -0.15) is 0 Å². The van der Waals surface area contributed by atoms with Crippen molar-refractivity contribution in [3.8, 4) is 0 Å². The van der Waals surface area contributed by atoms with E-state index in [1.165, 1.54) is 25.1 Å². The van der Waals surface area contributed by atoms with Gasteiger partial charge in [-0.3, -0.25) is 9.78 Å². The molecular formula is C30H34Cl2N4O3. The molecule has 1 aromatic heterocycles. The number of esters is 1. The van der Waals surface area contributed by atoms with Crippen LogP contribution < -0.4 is 10.2 Å². The Morgan fingerprint density at radius 2 is 1.69 bits per heavy atom. The summed E-state index contributed by atoms with van der Waals surface area (Å²) >= 11 is 12.2. The Labute approximate surface area is 240 Å². The van der Waals surface area contributed by atoms with Gasteiger partial charge < -0.3 is 19.9 Å². The summed E-state index contributed by atoms with van der Waals surface area (Å²) in [7, 11) is 1.40. The van der Waals surface area contributed by atoms with Gasteiger partial charge >= 0.3 is 5.97 Å².